The van der Waals surface area contributed by atoms with E-state index in [1.807, 2.05) is 0 Å². The molecule has 0 spiro atoms. The van der Waals surface area contributed by atoms with Gasteiger partial charge in [-0.3, -0.25) is 4.90 Å². The molecule has 2 heterocycles. The minimum Gasteiger partial charge on any atom is -0.384 e. The molecule has 1 saturated heterocycles. The molecule has 1 N–H and O–H groups in total. The summed E-state index contributed by atoms with van der Waals surface area (Å²) in [6.07, 6.45) is 2.75. The third kappa shape index (κ3) is 4.25. The van der Waals surface area contributed by atoms with Crippen molar-refractivity contribution in [2.45, 2.75) is 39.3 Å². The minimum absolute atomic E-state index is 0.412. The zero-order valence-electron chi connectivity index (χ0n) is 14.7. The number of rotatable bonds is 8. The van der Waals surface area contributed by atoms with Gasteiger partial charge in [-0.2, -0.15) is 0 Å². The van der Waals surface area contributed by atoms with Crippen LogP contribution in [-0.4, -0.2) is 61.8 Å². The molecule has 1 unspecified atom stereocenters. The van der Waals surface area contributed by atoms with Crippen molar-refractivity contribution in [3.8, 4) is 0 Å². The van der Waals surface area contributed by atoms with E-state index < -0.39 is 0 Å². The van der Waals surface area contributed by atoms with Crippen LogP contribution >= 0.6 is 0 Å². The molecule has 2 aliphatic rings. The van der Waals surface area contributed by atoms with Crippen molar-refractivity contribution in [3.63, 3.8) is 0 Å². The molecule has 4 heteroatoms. The van der Waals surface area contributed by atoms with Crippen molar-refractivity contribution >= 4 is 5.69 Å². The fourth-order valence-corrected chi connectivity index (χ4v) is 3.75. The maximum atomic E-state index is 6.10. The number of likely N-dealkylation sites (tertiary alicyclic amines) is 1. The summed E-state index contributed by atoms with van der Waals surface area (Å²) in [7, 11) is 0. The second kappa shape index (κ2) is 8.13. The molecule has 0 saturated carbocycles. The first-order chi connectivity index (χ1) is 11.3. The highest BCUT2D eigenvalue weighted by atomic mass is 16.5. The quantitative estimate of drug-likeness (QED) is 0.797. The van der Waals surface area contributed by atoms with E-state index >= 15 is 0 Å². The second-order valence-corrected chi connectivity index (χ2v) is 6.67. The van der Waals surface area contributed by atoms with Crippen LogP contribution in [0.25, 0.3) is 0 Å². The Morgan fingerprint density at radius 3 is 3.00 bits per heavy atom. The van der Waals surface area contributed by atoms with E-state index in [9.17, 15) is 0 Å². The van der Waals surface area contributed by atoms with Gasteiger partial charge in [-0.05, 0) is 37.1 Å². The van der Waals surface area contributed by atoms with E-state index in [-0.39, 0.29) is 0 Å². The predicted octanol–water partition coefficient (Wildman–Crippen LogP) is 2.59. The summed E-state index contributed by atoms with van der Waals surface area (Å²) in [5.74, 6) is 0. The Labute approximate surface area is 140 Å². The Bertz CT molecular complexity index is 501. The van der Waals surface area contributed by atoms with Crippen LogP contribution in [0.5, 0.6) is 0 Å². The maximum absolute atomic E-state index is 6.10. The fourth-order valence-electron chi connectivity index (χ4n) is 3.75. The number of nitrogens with one attached hydrogen (secondary N) is 1. The first-order valence-electron chi connectivity index (χ1n) is 9.21. The van der Waals surface area contributed by atoms with Crippen LogP contribution in [-0.2, 0) is 17.7 Å². The summed E-state index contributed by atoms with van der Waals surface area (Å²) in [6.45, 7) is 12.9. The van der Waals surface area contributed by atoms with Crippen molar-refractivity contribution < 1.29 is 4.74 Å². The van der Waals surface area contributed by atoms with Gasteiger partial charge in [-0.25, -0.2) is 0 Å². The number of nitrogens with zero attached hydrogens (tertiary/aromatic N) is 2. The number of hydrogen-bond donors (Lipinski definition) is 1. The maximum Gasteiger partial charge on any atom is 0.0714 e. The number of para-hydroxylation sites is 1. The first kappa shape index (κ1) is 16.7. The van der Waals surface area contributed by atoms with E-state index in [0.29, 0.717) is 6.10 Å². The molecule has 0 amide bonds. The van der Waals surface area contributed by atoms with E-state index in [4.69, 9.17) is 4.74 Å². The van der Waals surface area contributed by atoms with E-state index in [1.54, 1.807) is 0 Å². The van der Waals surface area contributed by atoms with Crippen LogP contribution in [0.15, 0.2) is 18.2 Å². The summed E-state index contributed by atoms with van der Waals surface area (Å²) < 4.78 is 6.10. The van der Waals surface area contributed by atoms with Crippen molar-refractivity contribution in [2.24, 2.45) is 0 Å². The Morgan fingerprint density at radius 1 is 1.30 bits per heavy atom. The Hall–Kier alpha value is -1.10. The lowest BCUT2D eigenvalue weighted by molar-refractivity contribution is 0.0439. The van der Waals surface area contributed by atoms with Crippen molar-refractivity contribution in [1.29, 1.82) is 0 Å². The molecule has 0 radical (unpaired) electrons. The lowest BCUT2D eigenvalue weighted by Gasteiger charge is -2.20. The average Bonchev–Trinajstić information content (AvgIpc) is 3.21. The molecule has 1 aromatic rings. The van der Waals surface area contributed by atoms with Gasteiger partial charge in [0.25, 0.3) is 0 Å². The van der Waals surface area contributed by atoms with E-state index in [2.05, 4.69) is 47.2 Å². The van der Waals surface area contributed by atoms with Gasteiger partial charge in [-0.1, -0.05) is 32.0 Å². The highest BCUT2D eigenvalue weighted by Crippen LogP contribution is 2.28. The summed E-state index contributed by atoms with van der Waals surface area (Å²) in [6, 6.07) is 6.73. The van der Waals surface area contributed by atoms with Crippen molar-refractivity contribution in [3.05, 3.63) is 29.3 Å². The average molecular weight is 317 g/mol. The number of hydrogen-bond acceptors (Lipinski definition) is 4. The van der Waals surface area contributed by atoms with Gasteiger partial charge in [0.05, 0.1) is 12.7 Å². The van der Waals surface area contributed by atoms with Gasteiger partial charge in [0.1, 0.15) is 0 Å². The Morgan fingerprint density at radius 2 is 2.17 bits per heavy atom. The predicted molar refractivity (Wildman–Crippen MR) is 96.1 cm³/mol. The molecule has 3 rings (SSSR count). The number of benzene rings is 1. The van der Waals surface area contributed by atoms with Crippen LogP contribution < -0.4 is 5.32 Å². The summed E-state index contributed by atoms with van der Waals surface area (Å²) in [5.41, 5.74) is 4.32. The zero-order valence-corrected chi connectivity index (χ0v) is 14.7. The van der Waals surface area contributed by atoms with Crippen molar-refractivity contribution in [2.75, 3.05) is 51.2 Å². The smallest absolute Gasteiger partial charge is 0.0714 e. The molecule has 23 heavy (non-hydrogen) atoms. The SMILES string of the molecule is CCN(CC)CCOC1CCN(Cc2cccc3c2NCC3)C1. The molecule has 2 aliphatic heterocycles. The highest BCUT2D eigenvalue weighted by Gasteiger charge is 2.24. The van der Waals surface area contributed by atoms with Crippen LogP contribution in [0.4, 0.5) is 5.69 Å². The van der Waals surface area contributed by atoms with Gasteiger partial charge >= 0.3 is 0 Å². The number of ether oxygens (including phenoxy) is 1. The van der Waals surface area contributed by atoms with E-state index in [0.717, 1.165) is 52.4 Å². The number of likely N-dealkylation sites (N-methyl/N-ethyl adjacent to an activating group) is 1. The lowest BCUT2D eigenvalue weighted by atomic mass is 10.1. The van der Waals surface area contributed by atoms with Gasteiger partial charge in [0.2, 0.25) is 0 Å². The Balaban J connectivity index is 1.44. The summed E-state index contributed by atoms with van der Waals surface area (Å²) in [5, 5.41) is 3.55. The molecular formula is C19H31N3O. The van der Waals surface area contributed by atoms with Gasteiger partial charge < -0.3 is 15.0 Å². The highest BCUT2D eigenvalue weighted by molar-refractivity contribution is 5.61. The second-order valence-electron chi connectivity index (χ2n) is 6.67. The van der Waals surface area contributed by atoms with Crippen molar-refractivity contribution in [1.82, 2.24) is 9.80 Å². The van der Waals surface area contributed by atoms with Gasteiger partial charge in [0, 0.05) is 38.4 Å². The largest absolute Gasteiger partial charge is 0.384 e. The number of anilines is 1. The van der Waals surface area contributed by atoms with Crippen LogP contribution in [0.2, 0.25) is 0 Å². The molecule has 0 aromatic heterocycles. The molecule has 1 atom stereocenters. The van der Waals surface area contributed by atoms with Crippen LogP contribution in [0.1, 0.15) is 31.4 Å². The molecule has 0 aliphatic carbocycles. The molecule has 0 bridgehead atoms. The van der Waals surface area contributed by atoms with Gasteiger partial charge in [-0.15, -0.1) is 0 Å². The molecular weight excluding hydrogens is 286 g/mol. The lowest BCUT2D eigenvalue weighted by Crippen LogP contribution is -2.29. The molecule has 1 aromatic carbocycles. The standard InChI is InChI=1S/C19H31N3O/c1-3-21(4-2)12-13-23-18-9-11-22(15-18)14-17-7-5-6-16-8-10-20-19(16)17/h5-7,18,20H,3-4,8-15H2,1-2H3. The molecule has 4 nitrogen and oxygen atoms in total. The Kier molecular flexibility index (Phi) is 5.92. The molecule has 1 fully saturated rings. The summed E-state index contributed by atoms with van der Waals surface area (Å²) >= 11 is 0. The first-order valence-corrected chi connectivity index (χ1v) is 9.21. The fraction of sp³-hybridized carbons (Fsp3) is 0.684. The molecule has 128 valence electrons. The third-order valence-corrected chi connectivity index (χ3v) is 5.21. The van der Waals surface area contributed by atoms with E-state index in [1.165, 1.54) is 29.7 Å². The zero-order chi connectivity index (χ0) is 16.1. The van der Waals surface area contributed by atoms with Crippen LogP contribution in [0.3, 0.4) is 0 Å². The third-order valence-electron chi connectivity index (χ3n) is 5.21. The van der Waals surface area contributed by atoms with Crippen LogP contribution in [0, 0.1) is 0 Å². The number of fused-ring (bicyclic) bond motifs is 1. The topological polar surface area (TPSA) is 27.7 Å². The minimum atomic E-state index is 0.412. The summed E-state index contributed by atoms with van der Waals surface area (Å²) in [4.78, 5) is 4.96. The monoisotopic (exact) mass is 317 g/mol. The van der Waals surface area contributed by atoms with Gasteiger partial charge in [0.15, 0.2) is 0 Å². The normalized spacial score (nSPS) is 20.9.